The molecule has 0 aliphatic carbocycles. The van der Waals surface area contributed by atoms with Gasteiger partial charge in [-0.25, -0.2) is 9.97 Å². The van der Waals surface area contributed by atoms with Crippen LogP contribution < -0.4 is 20.1 Å². The van der Waals surface area contributed by atoms with E-state index < -0.39 is 0 Å². The molecule has 0 spiro atoms. The van der Waals surface area contributed by atoms with E-state index in [0.717, 1.165) is 28.0 Å². The standard InChI is InChI=1S/C21H25N5O2S.HI/c1-14-19(29-15(2)26-14)13-25-21(22-3)24-12-16-5-10-20(23-11-16)28-18-8-6-17(27-4)7-9-18;/h5-11H,12-13H2,1-4H3,(H2,22,24,25);1H. The van der Waals surface area contributed by atoms with Gasteiger partial charge in [0.1, 0.15) is 11.5 Å². The average molecular weight is 539 g/mol. The van der Waals surface area contributed by atoms with Gasteiger partial charge < -0.3 is 20.1 Å². The lowest BCUT2D eigenvalue weighted by Crippen LogP contribution is -2.36. The molecule has 160 valence electrons. The molecule has 7 nitrogen and oxygen atoms in total. The summed E-state index contributed by atoms with van der Waals surface area (Å²) in [6, 6.07) is 11.2. The van der Waals surface area contributed by atoms with Gasteiger partial charge in [-0.2, -0.15) is 0 Å². The second kappa shape index (κ2) is 11.7. The number of pyridine rings is 1. The third-order valence-electron chi connectivity index (χ3n) is 4.18. The van der Waals surface area contributed by atoms with E-state index in [-0.39, 0.29) is 24.0 Å². The van der Waals surface area contributed by atoms with Crippen molar-refractivity contribution in [1.82, 2.24) is 20.6 Å². The van der Waals surface area contributed by atoms with Crippen molar-refractivity contribution in [1.29, 1.82) is 0 Å². The molecule has 0 fully saturated rings. The summed E-state index contributed by atoms with van der Waals surface area (Å²) >= 11 is 1.70. The minimum atomic E-state index is 0. The highest BCUT2D eigenvalue weighted by Gasteiger charge is 2.06. The molecule has 0 radical (unpaired) electrons. The first-order valence-corrected chi connectivity index (χ1v) is 10.0. The van der Waals surface area contributed by atoms with E-state index in [9.17, 15) is 0 Å². The van der Waals surface area contributed by atoms with E-state index >= 15 is 0 Å². The van der Waals surface area contributed by atoms with Crippen molar-refractivity contribution in [3.63, 3.8) is 0 Å². The van der Waals surface area contributed by atoms with Gasteiger partial charge in [0.05, 0.1) is 24.4 Å². The zero-order chi connectivity index (χ0) is 20.6. The maximum atomic E-state index is 5.75. The molecule has 1 aromatic carbocycles. The second-order valence-corrected chi connectivity index (χ2v) is 7.59. The fraction of sp³-hybridized carbons (Fsp3) is 0.286. The number of hydrogen-bond acceptors (Lipinski definition) is 6. The van der Waals surface area contributed by atoms with Crippen LogP contribution in [-0.2, 0) is 13.1 Å². The number of halogens is 1. The van der Waals surface area contributed by atoms with Crippen LogP contribution >= 0.6 is 35.3 Å². The fourth-order valence-electron chi connectivity index (χ4n) is 2.65. The molecule has 0 amide bonds. The van der Waals surface area contributed by atoms with Crippen LogP contribution in [-0.4, -0.2) is 30.1 Å². The lowest BCUT2D eigenvalue weighted by atomic mass is 10.3. The number of ether oxygens (including phenoxy) is 2. The normalized spacial score (nSPS) is 10.9. The highest BCUT2D eigenvalue weighted by molar-refractivity contribution is 14.0. The summed E-state index contributed by atoms with van der Waals surface area (Å²) in [6.45, 7) is 5.35. The van der Waals surface area contributed by atoms with Gasteiger partial charge in [0.15, 0.2) is 5.96 Å². The van der Waals surface area contributed by atoms with Crippen LogP contribution in [0.1, 0.15) is 21.1 Å². The van der Waals surface area contributed by atoms with Gasteiger partial charge in [0, 0.05) is 30.7 Å². The van der Waals surface area contributed by atoms with Crippen LogP contribution in [0, 0.1) is 13.8 Å². The molecule has 9 heteroatoms. The zero-order valence-corrected chi connectivity index (χ0v) is 20.6. The van der Waals surface area contributed by atoms with Crippen LogP contribution in [0.5, 0.6) is 17.4 Å². The number of methoxy groups -OCH3 is 1. The van der Waals surface area contributed by atoms with E-state index in [1.54, 1.807) is 31.7 Å². The van der Waals surface area contributed by atoms with Crippen LogP contribution in [0.4, 0.5) is 0 Å². The van der Waals surface area contributed by atoms with Crippen molar-refractivity contribution >= 4 is 41.3 Å². The second-order valence-electron chi connectivity index (χ2n) is 6.30. The molecule has 2 N–H and O–H groups in total. The van der Waals surface area contributed by atoms with Gasteiger partial charge in [-0.3, -0.25) is 4.99 Å². The zero-order valence-electron chi connectivity index (χ0n) is 17.4. The number of thiazole rings is 1. The van der Waals surface area contributed by atoms with Crippen molar-refractivity contribution in [3.8, 4) is 17.4 Å². The van der Waals surface area contributed by atoms with Crippen LogP contribution in [0.25, 0.3) is 0 Å². The van der Waals surface area contributed by atoms with Gasteiger partial charge in [-0.15, -0.1) is 35.3 Å². The number of rotatable bonds is 7. The van der Waals surface area contributed by atoms with E-state index in [1.807, 2.05) is 50.2 Å². The van der Waals surface area contributed by atoms with E-state index in [0.29, 0.717) is 24.7 Å². The molecule has 2 heterocycles. The molecule has 0 unspecified atom stereocenters. The summed E-state index contributed by atoms with van der Waals surface area (Å²) < 4.78 is 10.9. The summed E-state index contributed by atoms with van der Waals surface area (Å²) in [4.78, 5) is 14.3. The van der Waals surface area contributed by atoms with Crippen molar-refractivity contribution in [2.75, 3.05) is 14.2 Å². The van der Waals surface area contributed by atoms with Gasteiger partial charge in [0.2, 0.25) is 5.88 Å². The minimum absolute atomic E-state index is 0. The Hall–Kier alpha value is -2.40. The predicted octanol–water partition coefficient (Wildman–Crippen LogP) is 4.44. The number of nitrogens with zero attached hydrogens (tertiary/aromatic N) is 3. The van der Waals surface area contributed by atoms with E-state index in [2.05, 4.69) is 25.6 Å². The molecular formula is C21H26IN5O2S. The van der Waals surface area contributed by atoms with Crippen LogP contribution in [0.15, 0.2) is 47.6 Å². The fourth-order valence-corrected chi connectivity index (χ4v) is 3.53. The van der Waals surface area contributed by atoms with Crippen LogP contribution in [0.3, 0.4) is 0 Å². The van der Waals surface area contributed by atoms with Crippen molar-refractivity contribution in [2.45, 2.75) is 26.9 Å². The number of guanidine groups is 1. The number of aliphatic imine (C=N–C) groups is 1. The Kier molecular flexibility index (Phi) is 9.31. The number of hydrogen-bond donors (Lipinski definition) is 2. The van der Waals surface area contributed by atoms with Crippen molar-refractivity contribution < 1.29 is 9.47 Å². The Bertz CT molecular complexity index is 959. The third kappa shape index (κ3) is 6.84. The predicted molar refractivity (Wildman–Crippen MR) is 131 cm³/mol. The average Bonchev–Trinajstić information content (AvgIpc) is 3.07. The lowest BCUT2D eigenvalue weighted by molar-refractivity contribution is 0.412. The molecule has 30 heavy (non-hydrogen) atoms. The number of benzene rings is 1. The number of nitrogens with one attached hydrogen (secondary N) is 2. The van der Waals surface area contributed by atoms with E-state index in [4.69, 9.17) is 9.47 Å². The first-order valence-electron chi connectivity index (χ1n) is 9.21. The molecule has 3 aromatic rings. The van der Waals surface area contributed by atoms with Crippen molar-refractivity contribution in [3.05, 3.63) is 63.7 Å². The molecule has 0 bridgehead atoms. The van der Waals surface area contributed by atoms with Gasteiger partial charge >= 0.3 is 0 Å². The smallest absolute Gasteiger partial charge is 0.219 e. The Morgan fingerprint density at radius 3 is 2.30 bits per heavy atom. The van der Waals surface area contributed by atoms with Crippen molar-refractivity contribution in [2.24, 2.45) is 4.99 Å². The quantitative estimate of drug-likeness (QED) is 0.263. The lowest BCUT2D eigenvalue weighted by Gasteiger charge is -2.12. The molecule has 3 rings (SSSR count). The molecule has 0 saturated heterocycles. The maximum Gasteiger partial charge on any atom is 0.219 e. The number of aromatic nitrogens is 2. The summed E-state index contributed by atoms with van der Waals surface area (Å²) in [7, 11) is 3.39. The minimum Gasteiger partial charge on any atom is -0.497 e. The highest BCUT2D eigenvalue weighted by Crippen LogP contribution is 2.22. The molecule has 2 aromatic heterocycles. The Balaban J connectivity index is 0.00000320. The maximum absolute atomic E-state index is 5.75. The largest absolute Gasteiger partial charge is 0.497 e. The highest BCUT2D eigenvalue weighted by atomic mass is 127. The molecule has 0 saturated carbocycles. The first kappa shape index (κ1) is 23.9. The van der Waals surface area contributed by atoms with E-state index in [1.165, 1.54) is 4.88 Å². The Morgan fingerprint density at radius 1 is 1.03 bits per heavy atom. The monoisotopic (exact) mass is 539 g/mol. The summed E-state index contributed by atoms with van der Waals surface area (Å²) in [5.41, 5.74) is 2.09. The van der Waals surface area contributed by atoms with Gasteiger partial charge in [-0.05, 0) is 43.7 Å². The molecular weight excluding hydrogens is 513 g/mol. The summed E-state index contributed by atoms with van der Waals surface area (Å²) in [5, 5.41) is 7.68. The van der Waals surface area contributed by atoms with Crippen LogP contribution in [0.2, 0.25) is 0 Å². The van der Waals surface area contributed by atoms with Gasteiger partial charge in [-0.1, -0.05) is 6.07 Å². The summed E-state index contributed by atoms with van der Waals surface area (Å²) in [6.07, 6.45) is 1.79. The molecule has 0 atom stereocenters. The number of aryl methyl sites for hydroxylation is 2. The topological polar surface area (TPSA) is 80.7 Å². The Labute approximate surface area is 198 Å². The Morgan fingerprint density at radius 2 is 1.73 bits per heavy atom. The third-order valence-corrected chi connectivity index (χ3v) is 5.25. The molecule has 0 aliphatic rings. The van der Waals surface area contributed by atoms with Gasteiger partial charge in [0.25, 0.3) is 0 Å². The summed E-state index contributed by atoms with van der Waals surface area (Å²) in [5.74, 6) is 2.77. The SMILES string of the molecule is CN=C(NCc1ccc(Oc2ccc(OC)cc2)nc1)NCc1sc(C)nc1C.I. The molecule has 0 aliphatic heterocycles. The first-order chi connectivity index (χ1) is 14.1.